The summed E-state index contributed by atoms with van der Waals surface area (Å²) in [6, 6.07) is 4.17. The molecule has 152 valence electrons. The molecule has 0 bridgehead atoms. The monoisotopic (exact) mass is 403 g/mol. The van der Waals surface area contributed by atoms with Crippen LogP contribution in [-0.2, 0) is 6.54 Å². The second-order valence-corrected chi connectivity index (χ2v) is 8.48. The average Bonchev–Trinajstić information content (AvgIpc) is 3.16. The molecule has 9 nitrogen and oxygen atoms in total. The molecule has 1 saturated carbocycles. The van der Waals surface area contributed by atoms with Gasteiger partial charge in [-0.3, -0.25) is 9.36 Å². The molecule has 3 aliphatic rings. The lowest BCUT2D eigenvalue weighted by atomic mass is 10.1. The van der Waals surface area contributed by atoms with Crippen molar-refractivity contribution in [2.24, 2.45) is 16.8 Å². The molecule has 0 radical (unpaired) electrons. The number of anilines is 1. The normalized spacial score (nSPS) is 26.1. The van der Waals surface area contributed by atoms with Crippen molar-refractivity contribution in [1.82, 2.24) is 24.7 Å². The molecule has 0 spiro atoms. The SMILES string of the molecule is Cc1ccc(N2C[C@@H]3[C@H](C2)[C@H]3c2noc(Cn3cnc4c(c3=O)C(C)C=N4)n2)nc1. The van der Waals surface area contributed by atoms with Gasteiger partial charge in [0.2, 0.25) is 5.89 Å². The molecule has 30 heavy (non-hydrogen) atoms. The van der Waals surface area contributed by atoms with Crippen molar-refractivity contribution < 1.29 is 4.52 Å². The number of hydrogen-bond donors (Lipinski definition) is 0. The number of fused-ring (bicyclic) bond motifs is 2. The number of aromatic nitrogens is 5. The highest BCUT2D eigenvalue weighted by atomic mass is 16.5. The van der Waals surface area contributed by atoms with E-state index in [2.05, 4.69) is 42.1 Å². The van der Waals surface area contributed by atoms with E-state index in [1.54, 1.807) is 6.21 Å². The van der Waals surface area contributed by atoms with E-state index in [1.807, 2.05) is 20.0 Å². The minimum atomic E-state index is -0.103. The van der Waals surface area contributed by atoms with Gasteiger partial charge in [0.1, 0.15) is 18.7 Å². The molecule has 3 aromatic rings. The molecule has 3 aromatic heterocycles. The molecule has 9 heteroatoms. The zero-order chi connectivity index (χ0) is 20.4. The van der Waals surface area contributed by atoms with Crippen LogP contribution in [0, 0.1) is 18.8 Å². The van der Waals surface area contributed by atoms with Crippen LogP contribution in [0.5, 0.6) is 0 Å². The first kappa shape index (κ1) is 17.5. The average molecular weight is 403 g/mol. The minimum absolute atomic E-state index is 0.0255. The molecule has 0 amide bonds. The summed E-state index contributed by atoms with van der Waals surface area (Å²) in [7, 11) is 0. The number of pyridine rings is 1. The number of nitrogens with zero attached hydrogens (tertiary/aromatic N) is 7. The Labute approximate surface area is 172 Å². The van der Waals surface area contributed by atoms with Crippen molar-refractivity contribution in [2.75, 3.05) is 18.0 Å². The Balaban J connectivity index is 1.14. The lowest BCUT2D eigenvalue weighted by Crippen LogP contribution is -2.25. The summed E-state index contributed by atoms with van der Waals surface area (Å²) < 4.78 is 6.97. The molecule has 0 aromatic carbocycles. The number of aryl methyl sites for hydroxylation is 1. The fraction of sp³-hybridized carbons (Fsp3) is 0.429. The molecular formula is C21H21N7O2. The van der Waals surface area contributed by atoms with E-state index < -0.39 is 0 Å². The maximum atomic E-state index is 12.7. The van der Waals surface area contributed by atoms with Crippen LogP contribution in [0.15, 0.2) is 39.0 Å². The molecule has 1 aliphatic carbocycles. The van der Waals surface area contributed by atoms with Crippen LogP contribution in [0.1, 0.15) is 41.6 Å². The van der Waals surface area contributed by atoms with E-state index in [0.717, 1.165) is 24.7 Å². The number of piperidine rings is 1. The summed E-state index contributed by atoms with van der Waals surface area (Å²) in [5.74, 6) is 4.07. The van der Waals surface area contributed by atoms with Gasteiger partial charge in [0.15, 0.2) is 11.6 Å². The lowest BCUT2D eigenvalue weighted by Gasteiger charge is -2.20. The standard InChI is InChI=1S/C21H21N7O2/c1-11-3-4-15(22-5-11)27-7-13-14(8-27)18(13)20-25-16(30-26-20)9-28-10-24-19-17(21(28)29)12(2)6-23-19/h3-6,10,12-14,18H,7-9H2,1-2H3/t12?,13-,14+,18+. The largest absolute Gasteiger partial charge is 0.356 e. The summed E-state index contributed by atoms with van der Waals surface area (Å²) in [5.41, 5.74) is 1.69. The van der Waals surface area contributed by atoms with E-state index in [1.165, 1.54) is 16.5 Å². The molecule has 2 aliphatic heterocycles. The van der Waals surface area contributed by atoms with Gasteiger partial charge < -0.3 is 9.42 Å². The molecule has 2 fully saturated rings. The Morgan fingerprint density at radius 2 is 2.03 bits per heavy atom. The third-order valence-electron chi connectivity index (χ3n) is 6.43. The molecule has 1 saturated heterocycles. The number of aliphatic imine (C=N–C) groups is 1. The summed E-state index contributed by atoms with van der Waals surface area (Å²) in [4.78, 5) is 32.6. The Hall–Kier alpha value is -3.36. The predicted octanol–water partition coefficient (Wildman–Crippen LogP) is 2.05. The van der Waals surface area contributed by atoms with Crippen molar-refractivity contribution in [3.8, 4) is 0 Å². The first-order chi connectivity index (χ1) is 14.6. The Morgan fingerprint density at radius 3 is 2.80 bits per heavy atom. The maximum absolute atomic E-state index is 12.7. The molecule has 6 rings (SSSR count). The Kier molecular flexibility index (Phi) is 3.68. The highest BCUT2D eigenvalue weighted by Gasteiger charge is 2.58. The Morgan fingerprint density at radius 1 is 1.20 bits per heavy atom. The quantitative estimate of drug-likeness (QED) is 0.657. The topological polar surface area (TPSA) is 102 Å². The van der Waals surface area contributed by atoms with Crippen molar-refractivity contribution in [2.45, 2.75) is 32.2 Å². The van der Waals surface area contributed by atoms with E-state index >= 15 is 0 Å². The smallest absolute Gasteiger partial charge is 0.259 e. The van der Waals surface area contributed by atoms with Crippen molar-refractivity contribution in [1.29, 1.82) is 0 Å². The van der Waals surface area contributed by atoms with Gasteiger partial charge in [-0.2, -0.15) is 4.98 Å². The third kappa shape index (κ3) is 2.68. The van der Waals surface area contributed by atoms with Crippen molar-refractivity contribution in [3.63, 3.8) is 0 Å². The molecular weight excluding hydrogens is 382 g/mol. The first-order valence-corrected chi connectivity index (χ1v) is 10.2. The van der Waals surface area contributed by atoms with Gasteiger partial charge in [-0.1, -0.05) is 18.1 Å². The minimum Gasteiger partial charge on any atom is -0.356 e. The van der Waals surface area contributed by atoms with E-state index in [9.17, 15) is 4.79 Å². The first-order valence-electron chi connectivity index (χ1n) is 10.2. The molecule has 0 N–H and O–H groups in total. The maximum Gasteiger partial charge on any atom is 0.259 e. The van der Waals surface area contributed by atoms with Crippen LogP contribution < -0.4 is 10.5 Å². The molecule has 4 atom stereocenters. The van der Waals surface area contributed by atoms with Crippen LogP contribution in [-0.4, -0.2) is 44.0 Å². The van der Waals surface area contributed by atoms with Crippen LogP contribution >= 0.6 is 0 Å². The van der Waals surface area contributed by atoms with E-state index in [-0.39, 0.29) is 18.0 Å². The Bertz CT molecular complexity index is 1200. The predicted molar refractivity (Wildman–Crippen MR) is 109 cm³/mol. The fourth-order valence-corrected chi connectivity index (χ4v) is 4.72. The lowest BCUT2D eigenvalue weighted by molar-refractivity contribution is 0.363. The number of rotatable bonds is 4. The van der Waals surface area contributed by atoms with Gasteiger partial charge in [-0.25, -0.2) is 15.0 Å². The van der Waals surface area contributed by atoms with E-state index in [4.69, 9.17) is 4.52 Å². The zero-order valence-electron chi connectivity index (χ0n) is 16.8. The molecule has 1 unspecified atom stereocenters. The van der Waals surface area contributed by atoms with Gasteiger partial charge >= 0.3 is 0 Å². The second kappa shape index (κ2) is 6.32. The fourth-order valence-electron chi connectivity index (χ4n) is 4.72. The van der Waals surface area contributed by atoms with Gasteiger partial charge in [-0.15, -0.1) is 0 Å². The van der Waals surface area contributed by atoms with Gasteiger partial charge in [-0.05, 0) is 30.4 Å². The van der Waals surface area contributed by atoms with Gasteiger partial charge in [0.05, 0.1) is 5.56 Å². The van der Waals surface area contributed by atoms with Gasteiger partial charge in [0.25, 0.3) is 5.56 Å². The number of hydrogen-bond acceptors (Lipinski definition) is 8. The van der Waals surface area contributed by atoms with Crippen LogP contribution in [0.4, 0.5) is 11.6 Å². The highest BCUT2D eigenvalue weighted by molar-refractivity contribution is 5.77. The summed E-state index contributed by atoms with van der Waals surface area (Å²) in [6.07, 6.45) is 5.15. The molecule has 5 heterocycles. The van der Waals surface area contributed by atoms with Crippen LogP contribution in [0.3, 0.4) is 0 Å². The summed E-state index contributed by atoms with van der Waals surface area (Å²) >= 11 is 0. The third-order valence-corrected chi connectivity index (χ3v) is 6.43. The zero-order valence-corrected chi connectivity index (χ0v) is 16.8. The highest BCUT2D eigenvalue weighted by Crippen LogP contribution is 2.57. The van der Waals surface area contributed by atoms with Crippen LogP contribution in [0.25, 0.3) is 0 Å². The van der Waals surface area contributed by atoms with Gasteiger partial charge in [0, 0.05) is 37.3 Å². The summed E-state index contributed by atoms with van der Waals surface area (Å²) in [6.45, 7) is 6.13. The van der Waals surface area contributed by atoms with Crippen molar-refractivity contribution >= 4 is 17.9 Å². The van der Waals surface area contributed by atoms with Crippen LogP contribution in [0.2, 0.25) is 0 Å². The van der Waals surface area contributed by atoms with Crippen molar-refractivity contribution in [3.05, 3.63) is 57.9 Å². The van der Waals surface area contributed by atoms with E-state index in [0.29, 0.717) is 35.0 Å². The second-order valence-electron chi connectivity index (χ2n) is 8.48. The summed E-state index contributed by atoms with van der Waals surface area (Å²) in [5, 5.41) is 4.20.